The van der Waals surface area contributed by atoms with E-state index >= 15 is 0 Å². The molecule has 0 radical (unpaired) electrons. The largest absolute Gasteiger partial charge is 0.481 e. The summed E-state index contributed by atoms with van der Waals surface area (Å²) in [6.07, 6.45) is 10.3. The number of fused-ring (bicyclic) bond motifs is 7. The minimum absolute atomic E-state index is 0.00215. The number of aliphatic carboxylic acids is 1. The molecule has 2 N–H and O–H groups in total. The van der Waals surface area contributed by atoms with Crippen LogP contribution in [-0.4, -0.2) is 27.8 Å². The van der Waals surface area contributed by atoms with E-state index in [0.29, 0.717) is 18.1 Å². The SMILES string of the molecule is CC1(C)CC[C@]2(C(=O)O)CC[C@]3(C)C(=CC[C@@H]4[C@@]5(C)C/C(=N\O)C(=O)C(C)(C)[C@@H]5CC[C@]43C)[C@@H]2C1. The first kappa shape index (κ1) is 25.0. The third-order valence-corrected chi connectivity index (χ3v) is 12.7. The first-order valence-electron chi connectivity index (χ1n) is 13.8. The van der Waals surface area contributed by atoms with E-state index in [1.165, 1.54) is 5.57 Å². The minimum Gasteiger partial charge on any atom is -0.481 e. The Kier molecular flexibility index (Phi) is 5.16. The normalized spacial score (nSPS) is 49.2. The van der Waals surface area contributed by atoms with Crippen LogP contribution in [0.3, 0.4) is 0 Å². The molecular weight excluding hydrogens is 438 g/mol. The average molecular weight is 484 g/mol. The van der Waals surface area contributed by atoms with E-state index in [1.54, 1.807) is 0 Å². The maximum Gasteiger partial charge on any atom is 0.310 e. The summed E-state index contributed by atoms with van der Waals surface area (Å²) < 4.78 is 0. The van der Waals surface area contributed by atoms with Crippen molar-refractivity contribution in [3.05, 3.63) is 11.6 Å². The highest BCUT2D eigenvalue weighted by Crippen LogP contribution is 2.75. The first-order valence-corrected chi connectivity index (χ1v) is 13.8. The zero-order valence-electron chi connectivity index (χ0n) is 22.8. The highest BCUT2D eigenvalue weighted by Gasteiger charge is 2.70. The monoisotopic (exact) mass is 483 g/mol. The Morgan fingerprint density at radius 2 is 1.63 bits per heavy atom. The van der Waals surface area contributed by atoms with Gasteiger partial charge >= 0.3 is 5.97 Å². The van der Waals surface area contributed by atoms with Gasteiger partial charge in [-0.15, -0.1) is 0 Å². The van der Waals surface area contributed by atoms with Crippen LogP contribution >= 0.6 is 0 Å². The number of rotatable bonds is 1. The predicted octanol–water partition coefficient (Wildman–Crippen LogP) is 6.88. The quantitative estimate of drug-likeness (QED) is 0.242. The molecule has 0 spiro atoms. The standard InChI is InChI=1S/C30H45NO4/c1-25(2)12-14-30(24(33)34)15-13-28(6)18(19(30)16-25)8-9-22-27(5)17-20(31-35)23(32)26(3,4)21(27)10-11-29(22,28)7/h8,19,21-22,35H,9-17H2,1-7H3,(H,33,34)/b31-20+/t19-,21-,22+,27-,28+,29+,30-/m0/s1. The number of oxime groups is 1. The second-order valence-electron chi connectivity index (χ2n) is 15.0. The molecule has 0 aliphatic heterocycles. The molecule has 5 rings (SSSR count). The number of carbonyl (C=O) groups excluding carboxylic acids is 1. The fourth-order valence-corrected chi connectivity index (χ4v) is 10.5. The molecule has 5 heteroatoms. The summed E-state index contributed by atoms with van der Waals surface area (Å²) in [7, 11) is 0. The Morgan fingerprint density at radius 3 is 2.26 bits per heavy atom. The lowest BCUT2D eigenvalue weighted by atomic mass is 9.33. The molecule has 0 aromatic rings. The number of nitrogens with zero attached hydrogens (tertiary/aromatic N) is 1. The molecule has 7 atom stereocenters. The van der Waals surface area contributed by atoms with Gasteiger partial charge < -0.3 is 10.3 Å². The Labute approximate surface area is 210 Å². The Morgan fingerprint density at radius 1 is 0.971 bits per heavy atom. The first-order chi connectivity index (χ1) is 16.1. The smallest absolute Gasteiger partial charge is 0.310 e. The van der Waals surface area contributed by atoms with Crippen LogP contribution in [-0.2, 0) is 9.59 Å². The Bertz CT molecular complexity index is 1040. The van der Waals surface area contributed by atoms with Crippen molar-refractivity contribution in [2.75, 3.05) is 0 Å². The second kappa shape index (κ2) is 7.22. The van der Waals surface area contributed by atoms with Crippen molar-refractivity contribution in [1.82, 2.24) is 0 Å². The Hall–Kier alpha value is -1.65. The van der Waals surface area contributed by atoms with E-state index in [9.17, 15) is 19.9 Å². The van der Waals surface area contributed by atoms with Crippen molar-refractivity contribution in [2.24, 2.45) is 55.4 Å². The summed E-state index contributed by atoms with van der Waals surface area (Å²) in [6.45, 7) is 15.9. The van der Waals surface area contributed by atoms with Crippen LogP contribution in [0.1, 0.15) is 106 Å². The van der Waals surface area contributed by atoms with Gasteiger partial charge in [0.15, 0.2) is 5.78 Å². The summed E-state index contributed by atoms with van der Waals surface area (Å²) in [5.74, 6) is 0.114. The van der Waals surface area contributed by atoms with E-state index in [4.69, 9.17) is 0 Å². The maximum absolute atomic E-state index is 13.2. The molecule has 0 unspecified atom stereocenters. The molecule has 4 saturated carbocycles. The van der Waals surface area contributed by atoms with Gasteiger partial charge in [0.05, 0.1) is 5.41 Å². The summed E-state index contributed by atoms with van der Waals surface area (Å²) in [5, 5.41) is 23.8. The van der Waals surface area contributed by atoms with E-state index < -0.39 is 16.8 Å². The highest BCUT2D eigenvalue weighted by atomic mass is 16.4. The molecule has 4 fully saturated rings. The second-order valence-corrected chi connectivity index (χ2v) is 15.0. The van der Waals surface area contributed by atoms with E-state index in [1.807, 2.05) is 13.8 Å². The van der Waals surface area contributed by atoms with Gasteiger partial charge in [-0.1, -0.05) is 65.3 Å². The van der Waals surface area contributed by atoms with Crippen molar-refractivity contribution in [2.45, 2.75) is 106 Å². The molecule has 5 aliphatic rings. The van der Waals surface area contributed by atoms with Crippen LogP contribution in [0.15, 0.2) is 16.8 Å². The number of carbonyl (C=O) groups is 2. The molecule has 194 valence electrons. The third-order valence-electron chi connectivity index (χ3n) is 12.7. The van der Waals surface area contributed by atoms with Crippen LogP contribution in [0.2, 0.25) is 0 Å². The van der Waals surface area contributed by atoms with Gasteiger partial charge in [-0.2, -0.15) is 0 Å². The Balaban J connectivity index is 1.63. The van der Waals surface area contributed by atoms with Crippen LogP contribution in [0.25, 0.3) is 0 Å². The third kappa shape index (κ3) is 2.96. The zero-order valence-corrected chi connectivity index (χ0v) is 22.8. The number of hydrogen-bond donors (Lipinski definition) is 2. The van der Waals surface area contributed by atoms with Gasteiger partial charge in [0, 0.05) is 11.8 Å². The summed E-state index contributed by atoms with van der Waals surface area (Å²) >= 11 is 0. The number of allylic oxidation sites excluding steroid dienone is 2. The maximum atomic E-state index is 13.2. The van der Waals surface area contributed by atoms with Gasteiger partial charge in [-0.25, -0.2) is 0 Å². The number of hydrogen-bond acceptors (Lipinski definition) is 4. The van der Waals surface area contributed by atoms with Crippen molar-refractivity contribution in [1.29, 1.82) is 0 Å². The topological polar surface area (TPSA) is 87.0 Å². The van der Waals surface area contributed by atoms with Crippen molar-refractivity contribution >= 4 is 17.5 Å². The zero-order chi connectivity index (χ0) is 25.8. The van der Waals surface area contributed by atoms with Crippen molar-refractivity contribution in [3.63, 3.8) is 0 Å². The number of carboxylic acid groups (broad SMARTS) is 1. The lowest BCUT2D eigenvalue weighted by molar-refractivity contribution is -0.181. The predicted molar refractivity (Wildman–Crippen MR) is 136 cm³/mol. The molecule has 35 heavy (non-hydrogen) atoms. The van der Waals surface area contributed by atoms with Gasteiger partial charge in [0.2, 0.25) is 0 Å². The molecule has 5 nitrogen and oxygen atoms in total. The molecule has 0 aromatic heterocycles. The summed E-state index contributed by atoms with van der Waals surface area (Å²) in [6, 6.07) is 0. The molecule has 0 amide bonds. The van der Waals surface area contributed by atoms with Gasteiger partial charge in [-0.05, 0) is 90.8 Å². The number of Topliss-reactive ketones (excluding diaryl/α,β-unsaturated/α-hetero) is 1. The fraction of sp³-hybridized carbons (Fsp3) is 0.833. The van der Waals surface area contributed by atoms with Crippen molar-refractivity contribution < 1.29 is 19.9 Å². The molecule has 0 bridgehead atoms. The van der Waals surface area contributed by atoms with E-state index in [-0.39, 0.29) is 39.3 Å². The summed E-state index contributed by atoms with van der Waals surface area (Å²) in [5.41, 5.74) is 0.575. The van der Waals surface area contributed by atoms with Crippen LogP contribution in [0.4, 0.5) is 0 Å². The average Bonchev–Trinajstić information content (AvgIpc) is 2.76. The van der Waals surface area contributed by atoms with Gasteiger partial charge in [-0.3, -0.25) is 9.59 Å². The molecule has 0 aromatic carbocycles. The molecule has 0 heterocycles. The number of carboxylic acids is 1. The minimum atomic E-state index is -0.624. The van der Waals surface area contributed by atoms with Gasteiger partial charge in [0.25, 0.3) is 0 Å². The van der Waals surface area contributed by atoms with Crippen LogP contribution in [0, 0.1) is 50.2 Å². The van der Waals surface area contributed by atoms with Crippen LogP contribution < -0.4 is 0 Å². The molecule has 5 aliphatic carbocycles. The summed E-state index contributed by atoms with van der Waals surface area (Å²) in [4.78, 5) is 25.9. The van der Waals surface area contributed by atoms with Crippen LogP contribution in [0.5, 0.6) is 0 Å². The van der Waals surface area contributed by atoms with Gasteiger partial charge in [0.1, 0.15) is 5.71 Å². The van der Waals surface area contributed by atoms with E-state index in [0.717, 1.165) is 51.4 Å². The fourth-order valence-electron chi connectivity index (χ4n) is 10.5. The lowest BCUT2D eigenvalue weighted by Gasteiger charge is -2.70. The van der Waals surface area contributed by atoms with Crippen molar-refractivity contribution in [3.8, 4) is 0 Å². The molecular formula is C30H45NO4. The van der Waals surface area contributed by atoms with E-state index in [2.05, 4.69) is 45.9 Å². The highest BCUT2D eigenvalue weighted by molar-refractivity contribution is 6.42. The number of ketones is 1. The molecule has 0 saturated heterocycles. The lowest BCUT2D eigenvalue weighted by Crippen LogP contribution is -2.65.